The molecule has 0 unspecified atom stereocenters. The number of thiazole rings is 1. The van der Waals surface area contributed by atoms with Crippen LogP contribution in [-0.2, 0) is 0 Å². The molecule has 0 spiro atoms. The molecular weight excluding hydrogens is 214 g/mol. The van der Waals surface area contributed by atoms with Crippen molar-refractivity contribution in [2.75, 3.05) is 0 Å². The number of carboxylic acids is 1. The third kappa shape index (κ3) is 2.13. The average molecular weight is 221 g/mol. The van der Waals surface area contributed by atoms with Crippen LogP contribution in [0, 0.1) is 0 Å². The Balaban J connectivity index is 2.25. The Labute approximate surface area is 89.8 Å². The summed E-state index contributed by atoms with van der Waals surface area (Å²) in [6.45, 7) is 0. The summed E-state index contributed by atoms with van der Waals surface area (Å²) in [6.07, 6.45) is 0. The lowest BCUT2D eigenvalue weighted by atomic mass is 10.3. The molecule has 0 bridgehead atoms. The van der Waals surface area contributed by atoms with E-state index < -0.39 is 5.97 Å². The van der Waals surface area contributed by atoms with Crippen molar-refractivity contribution in [2.24, 2.45) is 0 Å². The van der Waals surface area contributed by atoms with Crippen molar-refractivity contribution in [1.82, 2.24) is 4.98 Å². The quantitative estimate of drug-likeness (QED) is 0.865. The first-order chi connectivity index (χ1) is 7.27. The van der Waals surface area contributed by atoms with E-state index in [1.807, 2.05) is 18.2 Å². The second-order valence-electron chi connectivity index (χ2n) is 2.71. The molecule has 76 valence electrons. The lowest BCUT2D eigenvalue weighted by molar-refractivity contribution is 0.0699. The first kappa shape index (κ1) is 9.67. The maximum Gasteiger partial charge on any atom is 0.351 e. The van der Waals surface area contributed by atoms with E-state index in [2.05, 4.69) is 4.98 Å². The molecule has 0 saturated heterocycles. The van der Waals surface area contributed by atoms with Crippen molar-refractivity contribution in [3.63, 3.8) is 0 Å². The van der Waals surface area contributed by atoms with Gasteiger partial charge in [-0.15, -0.1) is 11.3 Å². The van der Waals surface area contributed by atoms with Crippen molar-refractivity contribution in [2.45, 2.75) is 0 Å². The molecule has 0 aliphatic rings. The van der Waals surface area contributed by atoms with Gasteiger partial charge in [-0.25, -0.2) is 9.78 Å². The van der Waals surface area contributed by atoms with E-state index in [0.717, 1.165) is 11.3 Å². The van der Waals surface area contributed by atoms with Crippen LogP contribution in [0.2, 0.25) is 0 Å². The van der Waals surface area contributed by atoms with Gasteiger partial charge in [0.25, 0.3) is 0 Å². The summed E-state index contributed by atoms with van der Waals surface area (Å²) in [7, 11) is 0. The third-order valence-electron chi connectivity index (χ3n) is 1.69. The van der Waals surface area contributed by atoms with Gasteiger partial charge < -0.3 is 9.84 Å². The fourth-order valence-corrected chi connectivity index (χ4v) is 1.60. The Hall–Kier alpha value is -1.88. The van der Waals surface area contributed by atoms with Gasteiger partial charge in [0.1, 0.15) is 5.75 Å². The van der Waals surface area contributed by atoms with Gasteiger partial charge in [0.05, 0.1) is 5.51 Å². The van der Waals surface area contributed by atoms with E-state index in [-0.39, 0.29) is 10.8 Å². The molecule has 1 aromatic carbocycles. The molecule has 0 aliphatic carbocycles. The van der Waals surface area contributed by atoms with Crippen LogP contribution in [0.1, 0.15) is 9.67 Å². The van der Waals surface area contributed by atoms with Crippen LogP contribution in [0.5, 0.6) is 11.6 Å². The molecule has 5 heteroatoms. The van der Waals surface area contributed by atoms with Crippen LogP contribution >= 0.6 is 11.3 Å². The summed E-state index contributed by atoms with van der Waals surface area (Å²) < 4.78 is 5.33. The van der Waals surface area contributed by atoms with Crippen LogP contribution in [0.15, 0.2) is 35.8 Å². The number of hydrogen-bond donors (Lipinski definition) is 1. The van der Waals surface area contributed by atoms with Crippen LogP contribution in [-0.4, -0.2) is 16.1 Å². The number of para-hydroxylation sites is 1. The van der Waals surface area contributed by atoms with E-state index in [4.69, 9.17) is 9.84 Å². The highest BCUT2D eigenvalue weighted by Crippen LogP contribution is 2.26. The summed E-state index contributed by atoms with van der Waals surface area (Å²) in [5.74, 6) is -0.312. The van der Waals surface area contributed by atoms with E-state index in [1.54, 1.807) is 12.1 Å². The molecule has 2 aromatic rings. The van der Waals surface area contributed by atoms with Crippen molar-refractivity contribution < 1.29 is 14.6 Å². The Morgan fingerprint density at radius 3 is 2.73 bits per heavy atom. The van der Waals surface area contributed by atoms with Gasteiger partial charge in [-0.3, -0.25) is 0 Å². The molecule has 15 heavy (non-hydrogen) atoms. The topological polar surface area (TPSA) is 59.4 Å². The number of rotatable bonds is 3. The predicted octanol–water partition coefficient (Wildman–Crippen LogP) is 2.63. The minimum absolute atomic E-state index is 0.110. The summed E-state index contributed by atoms with van der Waals surface area (Å²) in [6, 6.07) is 8.95. The number of aromatic nitrogens is 1. The molecule has 1 aromatic heterocycles. The minimum atomic E-state index is -1.02. The molecule has 4 nitrogen and oxygen atoms in total. The monoisotopic (exact) mass is 221 g/mol. The summed E-state index contributed by atoms with van der Waals surface area (Å²) >= 11 is 1.04. The Morgan fingerprint density at radius 1 is 1.33 bits per heavy atom. The van der Waals surface area contributed by atoms with Gasteiger partial charge in [-0.2, -0.15) is 0 Å². The smallest absolute Gasteiger partial charge is 0.351 e. The molecule has 2 rings (SSSR count). The number of benzene rings is 1. The Morgan fingerprint density at radius 2 is 2.07 bits per heavy atom. The SMILES string of the molecule is O=C(O)c1scnc1Oc1ccccc1. The molecule has 0 amide bonds. The van der Waals surface area contributed by atoms with Crippen LogP contribution < -0.4 is 4.74 Å². The number of ether oxygens (including phenoxy) is 1. The van der Waals surface area contributed by atoms with E-state index in [9.17, 15) is 4.79 Å². The zero-order valence-electron chi connectivity index (χ0n) is 7.58. The predicted molar refractivity (Wildman–Crippen MR) is 55.6 cm³/mol. The lowest BCUT2D eigenvalue weighted by Gasteiger charge is -2.01. The maximum absolute atomic E-state index is 10.8. The molecule has 0 fully saturated rings. The van der Waals surface area contributed by atoms with Gasteiger partial charge in [0.2, 0.25) is 5.88 Å². The summed E-state index contributed by atoms with van der Waals surface area (Å²) in [4.78, 5) is 14.7. The van der Waals surface area contributed by atoms with Gasteiger partial charge >= 0.3 is 5.97 Å². The highest BCUT2D eigenvalue weighted by atomic mass is 32.1. The van der Waals surface area contributed by atoms with Gasteiger partial charge in [0, 0.05) is 0 Å². The second-order valence-corrected chi connectivity index (χ2v) is 3.56. The largest absolute Gasteiger partial charge is 0.477 e. The molecule has 0 radical (unpaired) electrons. The van der Waals surface area contributed by atoms with Crippen molar-refractivity contribution in [3.05, 3.63) is 40.7 Å². The Bertz CT molecular complexity index is 467. The van der Waals surface area contributed by atoms with Gasteiger partial charge in [-0.1, -0.05) is 18.2 Å². The molecule has 0 aliphatic heterocycles. The normalized spacial score (nSPS) is 9.87. The van der Waals surface area contributed by atoms with Crippen LogP contribution in [0.3, 0.4) is 0 Å². The number of nitrogens with zero attached hydrogens (tertiary/aromatic N) is 1. The van der Waals surface area contributed by atoms with Gasteiger partial charge in [0.15, 0.2) is 4.88 Å². The number of carbonyl (C=O) groups is 1. The maximum atomic E-state index is 10.8. The summed E-state index contributed by atoms with van der Waals surface area (Å²) in [5, 5.41) is 8.82. The fourth-order valence-electron chi connectivity index (χ4n) is 1.05. The molecule has 1 N–H and O–H groups in total. The van der Waals surface area contributed by atoms with Crippen molar-refractivity contribution in [3.8, 4) is 11.6 Å². The van der Waals surface area contributed by atoms with E-state index in [0.29, 0.717) is 5.75 Å². The molecular formula is C10H7NO3S. The van der Waals surface area contributed by atoms with Crippen molar-refractivity contribution >= 4 is 17.3 Å². The van der Waals surface area contributed by atoms with Gasteiger partial charge in [-0.05, 0) is 12.1 Å². The minimum Gasteiger partial charge on any atom is -0.477 e. The molecule has 0 saturated carbocycles. The number of hydrogen-bond acceptors (Lipinski definition) is 4. The standard InChI is InChI=1S/C10H7NO3S/c12-10(13)8-9(11-6-15-8)14-7-4-2-1-3-5-7/h1-6H,(H,12,13). The van der Waals surface area contributed by atoms with Crippen LogP contribution in [0.25, 0.3) is 0 Å². The zero-order chi connectivity index (χ0) is 10.7. The highest BCUT2D eigenvalue weighted by Gasteiger charge is 2.15. The highest BCUT2D eigenvalue weighted by molar-refractivity contribution is 7.12. The third-order valence-corrected chi connectivity index (χ3v) is 2.48. The lowest BCUT2D eigenvalue weighted by Crippen LogP contribution is -1.96. The van der Waals surface area contributed by atoms with E-state index in [1.165, 1.54) is 5.51 Å². The first-order valence-electron chi connectivity index (χ1n) is 4.17. The summed E-state index contributed by atoms with van der Waals surface area (Å²) in [5.41, 5.74) is 1.45. The van der Waals surface area contributed by atoms with Crippen molar-refractivity contribution in [1.29, 1.82) is 0 Å². The fraction of sp³-hybridized carbons (Fsp3) is 0. The number of carboxylic acid groups (broad SMARTS) is 1. The average Bonchev–Trinajstić information content (AvgIpc) is 2.67. The first-order valence-corrected chi connectivity index (χ1v) is 5.05. The van der Waals surface area contributed by atoms with E-state index >= 15 is 0 Å². The zero-order valence-corrected chi connectivity index (χ0v) is 8.40. The molecule has 0 atom stereocenters. The molecule has 1 heterocycles. The Kier molecular flexibility index (Phi) is 2.64. The van der Waals surface area contributed by atoms with Crippen LogP contribution in [0.4, 0.5) is 0 Å². The number of aromatic carboxylic acids is 1. The second kappa shape index (κ2) is 4.10.